The van der Waals surface area contributed by atoms with E-state index in [4.69, 9.17) is 15.2 Å². The predicted octanol–water partition coefficient (Wildman–Crippen LogP) is 2.43. The van der Waals surface area contributed by atoms with Crippen molar-refractivity contribution in [1.82, 2.24) is 35.7 Å². The van der Waals surface area contributed by atoms with E-state index < -0.39 is 85.9 Å². The molecule has 1 aromatic heterocycles. The number of nitrogens with one attached hydrogen (secondary N) is 4. The van der Waals surface area contributed by atoms with Crippen LogP contribution < -0.4 is 27.0 Å². The van der Waals surface area contributed by atoms with Crippen LogP contribution in [0.15, 0.2) is 42.9 Å². The first kappa shape index (κ1) is 60.4. The molecule has 1 heterocycles. The van der Waals surface area contributed by atoms with Crippen molar-refractivity contribution in [2.24, 2.45) is 11.7 Å². The Kier molecular flexibility index (Phi) is 25.2. The summed E-state index contributed by atoms with van der Waals surface area (Å²) in [5.41, 5.74) is 6.10. The number of phosphoric ester groups is 1. The second-order valence-corrected chi connectivity index (χ2v) is 20.5. The summed E-state index contributed by atoms with van der Waals surface area (Å²) >= 11 is 0. The molecule has 9 N–H and O–H groups in total. The summed E-state index contributed by atoms with van der Waals surface area (Å²) in [5.74, 6) is -5.15. The Morgan fingerprint density at radius 2 is 1.45 bits per heavy atom. The van der Waals surface area contributed by atoms with Crippen LogP contribution >= 0.6 is 7.82 Å². The number of aliphatic hydroxyl groups is 1. The molecule has 0 saturated heterocycles. The van der Waals surface area contributed by atoms with Gasteiger partial charge in [-0.2, -0.15) is 0 Å². The summed E-state index contributed by atoms with van der Waals surface area (Å²) in [5, 5.41) is 20.3. The van der Waals surface area contributed by atoms with Crippen LogP contribution in [0.25, 0.3) is 0 Å². The zero-order chi connectivity index (χ0) is 52.1. The number of aromatic nitrogens is 2. The van der Waals surface area contributed by atoms with Crippen LogP contribution in [0.3, 0.4) is 0 Å². The number of ether oxygens (including phenoxy) is 2. The zero-order valence-corrected chi connectivity index (χ0v) is 43.0. The number of carbonyl (C=O) groups is 6. The normalized spacial score (nSPS) is 14.8. The highest BCUT2D eigenvalue weighted by molar-refractivity contribution is 7.46. The van der Waals surface area contributed by atoms with E-state index in [9.17, 15) is 48.2 Å². The summed E-state index contributed by atoms with van der Waals surface area (Å²) in [6, 6.07) is 2.92. The van der Waals surface area contributed by atoms with Crippen molar-refractivity contribution in [2.45, 2.75) is 175 Å². The first-order chi connectivity index (χ1) is 32.2. The number of unbranched alkanes of at least 4 members (excludes halogenated alkanes) is 2. The number of nitrogens with zero attached hydrogens (tertiary/aromatic N) is 3. The minimum atomic E-state index is -5.13. The number of aryl methyl sites for hydroxylation is 2. The number of phosphoric acid groups is 1. The van der Waals surface area contributed by atoms with Crippen LogP contribution in [-0.2, 0) is 66.7 Å². The summed E-state index contributed by atoms with van der Waals surface area (Å²) < 4.78 is 29.7. The second-order valence-electron chi connectivity index (χ2n) is 19.3. The molecule has 390 valence electrons. The van der Waals surface area contributed by atoms with Crippen molar-refractivity contribution in [3.05, 3.63) is 54.1 Å². The van der Waals surface area contributed by atoms with Crippen LogP contribution in [-0.4, -0.2) is 139 Å². The van der Waals surface area contributed by atoms with E-state index in [1.165, 1.54) is 16.7 Å². The molecule has 0 spiro atoms. The lowest BCUT2D eigenvalue weighted by Gasteiger charge is -2.32. The standard InChI is InChI=1S/C47H79N8O13P/c1-11-22-55(39(57)21-24-66-47(9,10)29-67-46(6,7)8)32(4)42(59)50-36(25-31(2)3)43(60)51-37(26-35-27-49-30-54(35)23-17-13-16-20-34-18-14-12-15-19-34)44(61)52-38(28-56)45(62)53-40(41(48)58)33(5)68-69(63,64)65/h12,14-15,18-19,27,30-33,36-38,40,56H,11,13,16-17,20-26,28-29H2,1-10H3,(H2,48,58)(H,50,59)(H,51,60)(H,52,61)(H,53,62)(H2,63,64,65)/t32-,33+,36-,37-,38-,40-/m0/s1. The highest BCUT2D eigenvalue weighted by atomic mass is 31.2. The van der Waals surface area contributed by atoms with Gasteiger partial charge in [0.15, 0.2) is 0 Å². The minimum absolute atomic E-state index is 0.0101. The zero-order valence-electron chi connectivity index (χ0n) is 42.1. The smallest absolute Gasteiger partial charge is 0.394 e. The lowest BCUT2D eigenvalue weighted by molar-refractivity contribution is -0.145. The van der Waals surface area contributed by atoms with Gasteiger partial charge in [-0.1, -0.05) is 57.5 Å². The molecule has 6 amide bonds. The van der Waals surface area contributed by atoms with Gasteiger partial charge in [-0.25, -0.2) is 9.55 Å². The average Bonchev–Trinajstić information content (AvgIpc) is 3.70. The number of benzene rings is 1. The molecule has 0 aliphatic carbocycles. The first-order valence-electron chi connectivity index (χ1n) is 23.6. The molecule has 0 saturated carbocycles. The number of carbonyl (C=O) groups excluding carboxylic acids is 6. The maximum atomic E-state index is 14.3. The van der Waals surface area contributed by atoms with Gasteiger partial charge in [0, 0.05) is 31.4 Å². The molecule has 0 aliphatic rings. The fourth-order valence-electron chi connectivity index (χ4n) is 7.16. The Hall–Kier alpha value is -4.76. The largest absolute Gasteiger partial charge is 0.469 e. The van der Waals surface area contributed by atoms with Crippen molar-refractivity contribution in [3.8, 4) is 0 Å². The predicted molar refractivity (Wildman–Crippen MR) is 258 cm³/mol. The van der Waals surface area contributed by atoms with E-state index >= 15 is 0 Å². The van der Waals surface area contributed by atoms with Gasteiger partial charge in [0.25, 0.3) is 0 Å². The van der Waals surface area contributed by atoms with E-state index in [2.05, 4.69) is 42.9 Å². The number of rotatable bonds is 32. The molecule has 22 heteroatoms. The molecule has 1 aromatic carbocycles. The van der Waals surface area contributed by atoms with Crippen LogP contribution in [0.1, 0.15) is 119 Å². The van der Waals surface area contributed by atoms with Crippen LogP contribution in [0.4, 0.5) is 0 Å². The molecule has 0 fully saturated rings. The van der Waals surface area contributed by atoms with Gasteiger partial charge in [0.2, 0.25) is 35.4 Å². The summed E-state index contributed by atoms with van der Waals surface area (Å²) in [7, 11) is -5.13. The minimum Gasteiger partial charge on any atom is -0.394 e. The Balaban J connectivity index is 2.36. The second kappa shape index (κ2) is 28.8. The van der Waals surface area contributed by atoms with Crippen molar-refractivity contribution in [1.29, 1.82) is 0 Å². The molecule has 2 rings (SSSR count). The molecule has 0 aliphatic heterocycles. The molecule has 69 heavy (non-hydrogen) atoms. The van der Waals surface area contributed by atoms with Crippen molar-refractivity contribution >= 4 is 43.3 Å². The molecular weight excluding hydrogens is 916 g/mol. The Bertz CT molecular complexity index is 1990. The summed E-state index contributed by atoms with van der Waals surface area (Å²) in [6.45, 7) is 17.9. The Labute approximate surface area is 407 Å². The van der Waals surface area contributed by atoms with Gasteiger partial charge < -0.3 is 60.8 Å². The molecular formula is C47H79N8O13P. The fourth-order valence-corrected chi connectivity index (χ4v) is 7.72. The Morgan fingerprint density at radius 3 is 2.03 bits per heavy atom. The maximum Gasteiger partial charge on any atom is 0.469 e. The first-order valence-corrected chi connectivity index (χ1v) is 25.2. The molecule has 2 aromatic rings. The van der Waals surface area contributed by atoms with Gasteiger partial charge in [0.1, 0.15) is 30.2 Å². The Morgan fingerprint density at radius 1 is 0.841 bits per heavy atom. The number of primary amides is 1. The number of hydrogen-bond donors (Lipinski definition) is 8. The number of nitrogens with two attached hydrogens (primary N) is 1. The molecule has 0 unspecified atom stereocenters. The van der Waals surface area contributed by atoms with E-state index in [0.717, 1.165) is 32.6 Å². The highest BCUT2D eigenvalue weighted by Gasteiger charge is 2.36. The quantitative estimate of drug-likeness (QED) is 0.0386. The van der Waals surface area contributed by atoms with E-state index in [1.807, 2.05) is 78.2 Å². The summed E-state index contributed by atoms with van der Waals surface area (Å²) in [4.78, 5) is 106. The van der Waals surface area contributed by atoms with Crippen LogP contribution in [0, 0.1) is 5.92 Å². The monoisotopic (exact) mass is 995 g/mol. The van der Waals surface area contributed by atoms with Gasteiger partial charge in [0.05, 0.1) is 49.9 Å². The van der Waals surface area contributed by atoms with Crippen molar-refractivity contribution in [3.63, 3.8) is 0 Å². The van der Waals surface area contributed by atoms with E-state index in [0.29, 0.717) is 25.3 Å². The molecule has 0 bridgehead atoms. The average molecular weight is 995 g/mol. The van der Waals surface area contributed by atoms with Crippen molar-refractivity contribution < 1.29 is 62.2 Å². The maximum absolute atomic E-state index is 14.3. The van der Waals surface area contributed by atoms with Crippen LogP contribution in [0.2, 0.25) is 0 Å². The molecule has 6 atom stereocenters. The number of amides is 6. The van der Waals surface area contributed by atoms with E-state index in [-0.39, 0.29) is 49.8 Å². The fraction of sp³-hybridized carbons (Fsp3) is 0.681. The van der Waals surface area contributed by atoms with Gasteiger partial charge >= 0.3 is 7.82 Å². The number of imidazole rings is 1. The topological polar surface area (TPSA) is 303 Å². The van der Waals surface area contributed by atoms with Gasteiger partial charge in [-0.05, 0) is 92.1 Å². The van der Waals surface area contributed by atoms with Gasteiger partial charge in [-0.3, -0.25) is 33.3 Å². The third-order valence-electron chi connectivity index (χ3n) is 10.9. The number of aliphatic hydroxyl groups excluding tert-OH is 1. The molecule has 0 radical (unpaired) electrons. The van der Waals surface area contributed by atoms with E-state index in [1.54, 1.807) is 13.3 Å². The number of hydrogen-bond acceptors (Lipinski definition) is 12. The summed E-state index contributed by atoms with van der Waals surface area (Å²) in [6.07, 6.45) is 5.52. The van der Waals surface area contributed by atoms with Gasteiger partial charge in [-0.15, -0.1) is 0 Å². The van der Waals surface area contributed by atoms with Crippen LogP contribution in [0.5, 0.6) is 0 Å². The van der Waals surface area contributed by atoms with Crippen molar-refractivity contribution in [2.75, 3.05) is 26.4 Å². The third kappa shape index (κ3) is 23.1. The highest BCUT2D eigenvalue weighted by Crippen LogP contribution is 2.38. The lowest BCUT2D eigenvalue weighted by atomic mass is 10.0. The lowest BCUT2D eigenvalue weighted by Crippen LogP contribution is -2.61. The SMILES string of the molecule is CCCN(C(=O)CCOC(C)(C)COC(C)(C)C)[C@@H](C)C(=O)N[C@@H](CC(C)C)C(=O)N[C@@H](Cc1cncn1CCCCCc1ccccc1)C(=O)N[C@@H](CO)C(=O)N[C@H](C(N)=O)[C@@H](C)OP(=O)(O)O. The third-order valence-corrected chi connectivity index (χ3v) is 11.5. The molecule has 21 nitrogen and oxygen atoms in total.